The highest BCUT2D eigenvalue weighted by atomic mass is 16.5. The van der Waals surface area contributed by atoms with Crippen molar-refractivity contribution in [3.05, 3.63) is 35.4 Å². The van der Waals surface area contributed by atoms with Crippen LogP contribution in [0.5, 0.6) is 0 Å². The summed E-state index contributed by atoms with van der Waals surface area (Å²) in [6, 6.07) is 8.00. The molecule has 1 aliphatic heterocycles. The van der Waals surface area contributed by atoms with Gasteiger partial charge in [-0.05, 0) is 38.2 Å². The minimum absolute atomic E-state index is 0.155. The second-order valence-electron chi connectivity index (χ2n) is 5.30. The van der Waals surface area contributed by atoms with Gasteiger partial charge in [-0.1, -0.05) is 24.3 Å². The third kappa shape index (κ3) is 2.02. The van der Waals surface area contributed by atoms with Crippen LogP contribution in [0.2, 0.25) is 0 Å². The average molecular weight is 230 g/mol. The van der Waals surface area contributed by atoms with Gasteiger partial charge in [0, 0.05) is 11.5 Å². The zero-order chi connectivity index (χ0) is 11.8. The number of hydrogen-bond acceptors (Lipinski definition) is 2. The van der Waals surface area contributed by atoms with E-state index in [1.165, 1.54) is 5.56 Å². The van der Waals surface area contributed by atoms with Gasteiger partial charge in [-0.15, -0.1) is 0 Å². The van der Waals surface area contributed by atoms with Gasteiger partial charge in [-0.3, -0.25) is 4.79 Å². The molecule has 1 saturated heterocycles. The number of ether oxygens (including phenoxy) is 1. The minimum Gasteiger partial charge on any atom is -0.375 e. The predicted molar refractivity (Wildman–Crippen MR) is 66.2 cm³/mol. The molecule has 17 heavy (non-hydrogen) atoms. The molecule has 0 saturated carbocycles. The van der Waals surface area contributed by atoms with E-state index in [1.807, 2.05) is 18.2 Å². The molecule has 0 aromatic heterocycles. The fraction of sp³-hybridized carbons (Fsp3) is 0.533. The highest BCUT2D eigenvalue weighted by Gasteiger charge is 2.34. The fourth-order valence-corrected chi connectivity index (χ4v) is 3.08. The molecule has 1 aromatic rings. The Labute approximate surface area is 102 Å². The number of hydrogen-bond donors (Lipinski definition) is 0. The van der Waals surface area contributed by atoms with Gasteiger partial charge < -0.3 is 4.74 Å². The number of rotatable bonds is 2. The summed E-state index contributed by atoms with van der Waals surface area (Å²) >= 11 is 0. The van der Waals surface area contributed by atoms with E-state index >= 15 is 0 Å². The standard InChI is InChI=1S/C15H18O2/c1-10-6-7-13(17-10)9-12-8-11-4-2-3-5-14(11)15(12)16/h2-5,10,12-13H,6-9H2,1H3. The number of benzene rings is 1. The van der Waals surface area contributed by atoms with E-state index in [1.54, 1.807) is 0 Å². The Morgan fingerprint density at radius 2 is 2.12 bits per heavy atom. The SMILES string of the molecule is CC1CCC(CC2Cc3ccccc3C2=O)O1. The summed E-state index contributed by atoms with van der Waals surface area (Å²) in [5, 5.41) is 0. The van der Waals surface area contributed by atoms with Crippen LogP contribution in [0.25, 0.3) is 0 Å². The van der Waals surface area contributed by atoms with Crippen molar-refractivity contribution < 1.29 is 9.53 Å². The van der Waals surface area contributed by atoms with Crippen molar-refractivity contribution in [1.82, 2.24) is 0 Å². The topological polar surface area (TPSA) is 26.3 Å². The van der Waals surface area contributed by atoms with Crippen molar-refractivity contribution in [2.75, 3.05) is 0 Å². The first-order valence-corrected chi connectivity index (χ1v) is 6.51. The Kier molecular flexibility index (Phi) is 2.75. The molecule has 1 aliphatic carbocycles. The van der Waals surface area contributed by atoms with Crippen molar-refractivity contribution in [2.45, 2.75) is 44.8 Å². The van der Waals surface area contributed by atoms with Gasteiger partial charge in [-0.2, -0.15) is 0 Å². The van der Waals surface area contributed by atoms with E-state index in [-0.39, 0.29) is 5.92 Å². The van der Waals surface area contributed by atoms with Crippen molar-refractivity contribution in [2.24, 2.45) is 5.92 Å². The number of carbonyl (C=O) groups excluding carboxylic acids is 1. The van der Waals surface area contributed by atoms with E-state index in [2.05, 4.69) is 13.0 Å². The van der Waals surface area contributed by atoms with Crippen molar-refractivity contribution in [3.8, 4) is 0 Å². The molecule has 3 rings (SSSR count). The van der Waals surface area contributed by atoms with Gasteiger partial charge in [0.1, 0.15) is 0 Å². The first kappa shape index (κ1) is 11.0. The second kappa shape index (κ2) is 4.26. The quantitative estimate of drug-likeness (QED) is 0.780. The van der Waals surface area contributed by atoms with Crippen LogP contribution >= 0.6 is 0 Å². The van der Waals surface area contributed by atoms with Gasteiger partial charge in [0.15, 0.2) is 5.78 Å². The van der Waals surface area contributed by atoms with Crippen LogP contribution in [0.3, 0.4) is 0 Å². The van der Waals surface area contributed by atoms with Crippen molar-refractivity contribution in [1.29, 1.82) is 0 Å². The van der Waals surface area contributed by atoms with Gasteiger partial charge in [0.2, 0.25) is 0 Å². The summed E-state index contributed by atoms with van der Waals surface area (Å²) in [4.78, 5) is 12.2. The minimum atomic E-state index is 0.155. The maximum Gasteiger partial charge on any atom is 0.166 e. The molecule has 1 fully saturated rings. The van der Waals surface area contributed by atoms with E-state index in [0.29, 0.717) is 18.0 Å². The number of ketones is 1. The summed E-state index contributed by atoms with van der Waals surface area (Å²) in [5.41, 5.74) is 2.15. The molecule has 1 aromatic carbocycles. The Balaban J connectivity index is 1.70. The van der Waals surface area contributed by atoms with E-state index in [4.69, 9.17) is 4.74 Å². The van der Waals surface area contributed by atoms with Crippen LogP contribution in [0.1, 0.15) is 42.1 Å². The molecule has 90 valence electrons. The van der Waals surface area contributed by atoms with Gasteiger partial charge in [-0.25, -0.2) is 0 Å². The summed E-state index contributed by atoms with van der Waals surface area (Å²) in [6.07, 6.45) is 4.73. The van der Waals surface area contributed by atoms with Crippen LogP contribution in [-0.2, 0) is 11.2 Å². The Morgan fingerprint density at radius 1 is 1.29 bits per heavy atom. The lowest BCUT2D eigenvalue weighted by molar-refractivity contribution is 0.0400. The molecule has 1 heterocycles. The summed E-state index contributed by atoms with van der Waals surface area (Å²) in [7, 11) is 0. The molecule has 2 nitrogen and oxygen atoms in total. The molecular formula is C15H18O2. The molecule has 2 heteroatoms. The third-order valence-electron chi connectivity index (χ3n) is 3.99. The lowest BCUT2D eigenvalue weighted by atomic mass is 9.96. The molecule has 3 unspecified atom stereocenters. The van der Waals surface area contributed by atoms with Crippen LogP contribution in [0.15, 0.2) is 24.3 Å². The first-order valence-electron chi connectivity index (χ1n) is 6.51. The van der Waals surface area contributed by atoms with E-state index in [9.17, 15) is 4.79 Å². The van der Waals surface area contributed by atoms with Gasteiger partial charge >= 0.3 is 0 Å². The Hall–Kier alpha value is -1.15. The maximum absolute atomic E-state index is 12.2. The third-order valence-corrected chi connectivity index (χ3v) is 3.99. The maximum atomic E-state index is 12.2. The first-order chi connectivity index (χ1) is 8.24. The predicted octanol–water partition coefficient (Wildman–Crippen LogP) is 3.00. The number of carbonyl (C=O) groups is 1. The smallest absolute Gasteiger partial charge is 0.166 e. The molecule has 0 bridgehead atoms. The second-order valence-corrected chi connectivity index (χ2v) is 5.30. The molecule has 0 amide bonds. The zero-order valence-electron chi connectivity index (χ0n) is 10.2. The average Bonchev–Trinajstić information content (AvgIpc) is 2.86. The van der Waals surface area contributed by atoms with Crippen LogP contribution in [0, 0.1) is 5.92 Å². The van der Waals surface area contributed by atoms with E-state index < -0.39 is 0 Å². The molecule has 0 N–H and O–H groups in total. The highest BCUT2D eigenvalue weighted by Crippen LogP contribution is 2.33. The Morgan fingerprint density at radius 3 is 2.82 bits per heavy atom. The Bertz CT molecular complexity index is 438. The molecular weight excluding hydrogens is 212 g/mol. The summed E-state index contributed by atoms with van der Waals surface area (Å²) < 4.78 is 5.82. The van der Waals surface area contributed by atoms with Crippen LogP contribution in [0.4, 0.5) is 0 Å². The van der Waals surface area contributed by atoms with Gasteiger partial charge in [0.25, 0.3) is 0 Å². The number of Topliss-reactive ketones (excluding diaryl/α,β-unsaturated/α-hetero) is 1. The number of fused-ring (bicyclic) bond motifs is 1. The molecule has 0 radical (unpaired) electrons. The van der Waals surface area contributed by atoms with Crippen LogP contribution in [-0.4, -0.2) is 18.0 Å². The van der Waals surface area contributed by atoms with Crippen LogP contribution < -0.4 is 0 Å². The summed E-state index contributed by atoms with van der Waals surface area (Å²) in [5.74, 6) is 0.478. The summed E-state index contributed by atoms with van der Waals surface area (Å²) in [6.45, 7) is 2.12. The lowest BCUT2D eigenvalue weighted by Crippen LogP contribution is -2.18. The normalized spacial score (nSPS) is 31.8. The molecule has 0 spiro atoms. The largest absolute Gasteiger partial charge is 0.375 e. The fourth-order valence-electron chi connectivity index (χ4n) is 3.08. The van der Waals surface area contributed by atoms with Crippen molar-refractivity contribution >= 4 is 5.78 Å². The molecule has 2 aliphatic rings. The van der Waals surface area contributed by atoms with Gasteiger partial charge in [0.05, 0.1) is 12.2 Å². The monoisotopic (exact) mass is 230 g/mol. The van der Waals surface area contributed by atoms with E-state index in [0.717, 1.165) is 31.2 Å². The molecule has 3 atom stereocenters. The van der Waals surface area contributed by atoms with Crippen molar-refractivity contribution in [3.63, 3.8) is 0 Å². The lowest BCUT2D eigenvalue weighted by Gasteiger charge is -2.14. The highest BCUT2D eigenvalue weighted by molar-refractivity contribution is 6.02. The zero-order valence-corrected chi connectivity index (χ0v) is 10.2.